The predicted molar refractivity (Wildman–Crippen MR) is 49.9 cm³/mol. The van der Waals surface area contributed by atoms with E-state index in [1.54, 1.807) is 6.07 Å². The zero-order valence-corrected chi connectivity index (χ0v) is 8.40. The molecule has 0 radical (unpaired) electrons. The van der Waals surface area contributed by atoms with Crippen molar-refractivity contribution in [2.24, 2.45) is 0 Å². The third-order valence-corrected chi connectivity index (χ3v) is 1.98. The Balaban J connectivity index is 2.72. The average molecular weight is 233 g/mol. The fourth-order valence-electron chi connectivity index (χ4n) is 0.804. The lowest BCUT2D eigenvalue weighted by Gasteiger charge is -2.05. The first kappa shape index (κ1) is 9.52. The summed E-state index contributed by atoms with van der Waals surface area (Å²) in [4.78, 5) is 0. The van der Waals surface area contributed by atoms with Crippen LogP contribution >= 0.6 is 15.9 Å². The molecule has 0 aliphatic heterocycles. The molecule has 0 spiro atoms. The number of hydrogen-bond acceptors (Lipinski definition) is 1. The Morgan fingerprint density at radius 3 is 2.83 bits per heavy atom. The first-order chi connectivity index (χ1) is 5.74. The Hall–Kier alpha value is -0.570. The fourth-order valence-corrected chi connectivity index (χ4v) is 1.27. The molecule has 1 nitrogen and oxygen atoms in total. The number of rotatable bonds is 3. The van der Waals surface area contributed by atoms with Gasteiger partial charge in [-0.05, 0) is 40.5 Å². The smallest absolute Gasteiger partial charge is 0.133 e. The second kappa shape index (κ2) is 4.45. The minimum Gasteiger partial charge on any atom is -0.492 e. The van der Waals surface area contributed by atoms with Crippen molar-refractivity contribution in [2.75, 3.05) is 6.61 Å². The summed E-state index contributed by atoms with van der Waals surface area (Å²) in [5.74, 6) is 0.434. The summed E-state index contributed by atoms with van der Waals surface area (Å²) in [5.41, 5.74) is 0. The second-order valence-electron chi connectivity index (χ2n) is 2.42. The molecule has 0 aliphatic carbocycles. The van der Waals surface area contributed by atoms with Crippen LogP contribution in [0.15, 0.2) is 22.7 Å². The summed E-state index contributed by atoms with van der Waals surface area (Å²) in [6.45, 7) is 2.68. The molecule has 1 aromatic rings. The maximum absolute atomic E-state index is 12.6. The highest BCUT2D eigenvalue weighted by Gasteiger charge is 2.00. The summed E-state index contributed by atoms with van der Waals surface area (Å²) in [7, 11) is 0. The highest BCUT2D eigenvalue weighted by atomic mass is 79.9. The van der Waals surface area contributed by atoms with Crippen LogP contribution in [0.4, 0.5) is 4.39 Å². The molecule has 0 unspecified atom stereocenters. The van der Waals surface area contributed by atoms with Gasteiger partial charge in [-0.3, -0.25) is 0 Å². The molecule has 0 aromatic heterocycles. The molecule has 0 saturated heterocycles. The molecule has 66 valence electrons. The van der Waals surface area contributed by atoms with E-state index < -0.39 is 0 Å². The third-order valence-electron chi connectivity index (χ3n) is 1.36. The van der Waals surface area contributed by atoms with Crippen LogP contribution in [0.5, 0.6) is 5.75 Å². The first-order valence-electron chi connectivity index (χ1n) is 3.82. The SMILES string of the molecule is CCCOc1ccc(F)cc1Br. The Morgan fingerprint density at radius 1 is 1.50 bits per heavy atom. The molecule has 3 heteroatoms. The van der Waals surface area contributed by atoms with Crippen molar-refractivity contribution in [3.63, 3.8) is 0 Å². The quantitative estimate of drug-likeness (QED) is 0.777. The third kappa shape index (κ3) is 2.48. The Kier molecular flexibility index (Phi) is 3.53. The van der Waals surface area contributed by atoms with Gasteiger partial charge in [0.1, 0.15) is 11.6 Å². The maximum atomic E-state index is 12.6. The van der Waals surface area contributed by atoms with Crippen LogP contribution in [-0.4, -0.2) is 6.61 Å². The van der Waals surface area contributed by atoms with Gasteiger partial charge >= 0.3 is 0 Å². The van der Waals surface area contributed by atoms with Crippen molar-refractivity contribution < 1.29 is 9.13 Å². The molecular formula is C9H10BrFO. The lowest BCUT2D eigenvalue weighted by Crippen LogP contribution is -1.95. The van der Waals surface area contributed by atoms with E-state index in [0.717, 1.165) is 6.42 Å². The van der Waals surface area contributed by atoms with Gasteiger partial charge in [-0.1, -0.05) is 6.92 Å². The van der Waals surface area contributed by atoms with Crippen LogP contribution < -0.4 is 4.74 Å². The molecule has 1 rings (SSSR count). The van der Waals surface area contributed by atoms with E-state index in [9.17, 15) is 4.39 Å². The van der Waals surface area contributed by atoms with E-state index in [-0.39, 0.29) is 5.82 Å². The molecule has 0 fully saturated rings. The summed E-state index contributed by atoms with van der Waals surface area (Å²) < 4.78 is 18.6. The summed E-state index contributed by atoms with van der Waals surface area (Å²) in [6.07, 6.45) is 0.948. The minimum absolute atomic E-state index is 0.259. The van der Waals surface area contributed by atoms with Crippen LogP contribution in [0.3, 0.4) is 0 Å². The van der Waals surface area contributed by atoms with Crippen molar-refractivity contribution in [1.29, 1.82) is 0 Å². The molecule has 0 aliphatic rings. The zero-order valence-electron chi connectivity index (χ0n) is 6.81. The molecule has 0 N–H and O–H groups in total. The molecule has 12 heavy (non-hydrogen) atoms. The number of halogens is 2. The van der Waals surface area contributed by atoms with E-state index >= 15 is 0 Å². The Labute approximate surface area is 79.7 Å². The summed E-state index contributed by atoms with van der Waals surface area (Å²) >= 11 is 3.21. The van der Waals surface area contributed by atoms with Gasteiger partial charge in [-0.25, -0.2) is 4.39 Å². The lowest BCUT2D eigenvalue weighted by molar-refractivity contribution is 0.315. The standard InChI is InChI=1S/C9H10BrFO/c1-2-5-12-9-4-3-7(11)6-8(9)10/h3-4,6H,2,5H2,1H3. The van der Waals surface area contributed by atoms with Gasteiger partial charge in [-0.15, -0.1) is 0 Å². The molecular weight excluding hydrogens is 223 g/mol. The Bertz CT molecular complexity index is 263. The van der Waals surface area contributed by atoms with E-state index in [2.05, 4.69) is 15.9 Å². The molecule has 0 saturated carbocycles. The Morgan fingerprint density at radius 2 is 2.25 bits per heavy atom. The average Bonchev–Trinajstić information content (AvgIpc) is 2.03. The summed E-state index contributed by atoms with van der Waals surface area (Å²) in [5, 5.41) is 0. The predicted octanol–water partition coefficient (Wildman–Crippen LogP) is 3.38. The number of ether oxygens (including phenoxy) is 1. The second-order valence-corrected chi connectivity index (χ2v) is 3.28. The van der Waals surface area contributed by atoms with Gasteiger partial charge in [0.15, 0.2) is 0 Å². The van der Waals surface area contributed by atoms with Crippen LogP contribution in [0.1, 0.15) is 13.3 Å². The van der Waals surface area contributed by atoms with Gasteiger partial charge in [0.05, 0.1) is 11.1 Å². The number of hydrogen-bond donors (Lipinski definition) is 0. The van der Waals surface area contributed by atoms with E-state index in [4.69, 9.17) is 4.74 Å². The highest BCUT2D eigenvalue weighted by molar-refractivity contribution is 9.10. The van der Waals surface area contributed by atoms with Gasteiger partial charge < -0.3 is 4.74 Å². The van der Waals surface area contributed by atoms with Crippen molar-refractivity contribution >= 4 is 15.9 Å². The number of benzene rings is 1. The fraction of sp³-hybridized carbons (Fsp3) is 0.333. The van der Waals surface area contributed by atoms with Crippen molar-refractivity contribution in [1.82, 2.24) is 0 Å². The molecule has 0 heterocycles. The van der Waals surface area contributed by atoms with Gasteiger partial charge in [0, 0.05) is 0 Å². The normalized spacial score (nSPS) is 9.92. The highest BCUT2D eigenvalue weighted by Crippen LogP contribution is 2.25. The van der Waals surface area contributed by atoms with Crippen molar-refractivity contribution in [3.05, 3.63) is 28.5 Å². The topological polar surface area (TPSA) is 9.23 Å². The van der Waals surface area contributed by atoms with Gasteiger partial charge in [0.25, 0.3) is 0 Å². The van der Waals surface area contributed by atoms with Crippen LogP contribution in [0.25, 0.3) is 0 Å². The van der Waals surface area contributed by atoms with Crippen molar-refractivity contribution in [2.45, 2.75) is 13.3 Å². The largest absolute Gasteiger partial charge is 0.492 e. The van der Waals surface area contributed by atoms with E-state index in [1.165, 1.54) is 12.1 Å². The van der Waals surface area contributed by atoms with Crippen LogP contribution in [0, 0.1) is 5.82 Å². The van der Waals surface area contributed by atoms with Gasteiger partial charge in [-0.2, -0.15) is 0 Å². The monoisotopic (exact) mass is 232 g/mol. The van der Waals surface area contributed by atoms with Crippen molar-refractivity contribution in [3.8, 4) is 5.75 Å². The molecule has 1 aromatic carbocycles. The maximum Gasteiger partial charge on any atom is 0.133 e. The first-order valence-corrected chi connectivity index (χ1v) is 4.61. The minimum atomic E-state index is -0.259. The zero-order chi connectivity index (χ0) is 8.97. The molecule has 0 amide bonds. The van der Waals surface area contributed by atoms with Crippen LogP contribution in [0.2, 0.25) is 0 Å². The molecule has 0 bridgehead atoms. The molecule has 0 atom stereocenters. The van der Waals surface area contributed by atoms with Gasteiger partial charge in [0.2, 0.25) is 0 Å². The lowest BCUT2D eigenvalue weighted by atomic mass is 10.3. The van der Waals surface area contributed by atoms with E-state index in [0.29, 0.717) is 16.8 Å². The van der Waals surface area contributed by atoms with Crippen LogP contribution in [-0.2, 0) is 0 Å². The summed E-state index contributed by atoms with van der Waals surface area (Å²) in [6, 6.07) is 4.40. The van der Waals surface area contributed by atoms with E-state index in [1.807, 2.05) is 6.92 Å².